The third-order valence-corrected chi connectivity index (χ3v) is 6.27. The predicted octanol–water partition coefficient (Wildman–Crippen LogP) is 2.48. The van der Waals surface area contributed by atoms with E-state index in [0.717, 1.165) is 18.4 Å². The van der Waals surface area contributed by atoms with Crippen molar-refractivity contribution in [3.05, 3.63) is 65.7 Å². The van der Waals surface area contributed by atoms with Gasteiger partial charge in [0.1, 0.15) is 0 Å². The average molecular weight is 303 g/mol. The molecule has 1 aliphatic carbocycles. The van der Waals surface area contributed by atoms with Crippen molar-refractivity contribution in [2.75, 3.05) is 0 Å². The first-order chi connectivity index (χ1) is 8.84. The zero-order valence-corrected chi connectivity index (χ0v) is 11.8. The molecular weight excluding hydrogens is 287 g/mol. The third kappa shape index (κ3) is 2.37. The van der Waals surface area contributed by atoms with Crippen LogP contribution in [-0.2, 0) is 6.42 Å². The molecule has 0 amide bonds. The summed E-state index contributed by atoms with van der Waals surface area (Å²) in [6.07, 6.45) is 1.93. The van der Waals surface area contributed by atoms with Crippen LogP contribution in [0.1, 0.15) is 23.7 Å². The van der Waals surface area contributed by atoms with Crippen LogP contribution in [0.5, 0.6) is 0 Å². The summed E-state index contributed by atoms with van der Waals surface area (Å²) in [5, 5.41) is 10.5. The van der Waals surface area contributed by atoms with E-state index in [-0.39, 0.29) is 6.10 Å². The summed E-state index contributed by atoms with van der Waals surface area (Å²) in [5.74, 6) is 0. The summed E-state index contributed by atoms with van der Waals surface area (Å²) in [6, 6.07) is 18.9. The minimum absolute atomic E-state index is 0.282. The van der Waals surface area contributed by atoms with Gasteiger partial charge in [0.25, 0.3) is 0 Å². The molecule has 1 nitrogen and oxygen atoms in total. The summed E-state index contributed by atoms with van der Waals surface area (Å²) in [7, 11) is 0. The molecule has 2 aromatic carbocycles. The molecule has 18 heavy (non-hydrogen) atoms. The molecule has 0 fully saturated rings. The Bertz CT molecular complexity index is 524. The topological polar surface area (TPSA) is 20.2 Å². The molecular formula is C16H16OSe. The Labute approximate surface area is 114 Å². The van der Waals surface area contributed by atoms with Gasteiger partial charge in [0.2, 0.25) is 0 Å². The Morgan fingerprint density at radius 3 is 2.50 bits per heavy atom. The number of aryl methyl sites for hydroxylation is 1. The summed E-state index contributed by atoms with van der Waals surface area (Å²) in [4.78, 5) is 0.412. The predicted molar refractivity (Wildman–Crippen MR) is 75.3 cm³/mol. The quantitative estimate of drug-likeness (QED) is 0.845. The van der Waals surface area contributed by atoms with Crippen molar-refractivity contribution in [1.82, 2.24) is 0 Å². The van der Waals surface area contributed by atoms with E-state index in [1.165, 1.54) is 10.0 Å². The maximum absolute atomic E-state index is 10.5. The molecule has 3 rings (SSSR count). The molecule has 0 bridgehead atoms. The van der Waals surface area contributed by atoms with E-state index in [1.54, 1.807) is 0 Å². The summed E-state index contributed by atoms with van der Waals surface area (Å²) < 4.78 is 1.38. The van der Waals surface area contributed by atoms with Gasteiger partial charge in [0, 0.05) is 0 Å². The van der Waals surface area contributed by atoms with Gasteiger partial charge in [-0.1, -0.05) is 0 Å². The molecule has 0 unspecified atom stereocenters. The van der Waals surface area contributed by atoms with E-state index in [9.17, 15) is 5.11 Å². The van der Waals surface area contributed by atoms with Gasteiger partial charge in [-0.2, -0.15) is 0 Å². The zero-order chi connectivity index (χ0) is 12.4. The fourth-order valence-corrected chi connectivity index (χ4v) is 4.97. The van der Waals surface area contributed by atoms with Gasteiger partial charge < -0.3 is 0 Å². The van der Waals surface area contributed by atoms with E-state index in [4.69, 9.17) is 0 Å². The van der Waals surface area contributed by atoms with E-state index in [0.29, 0.717) is 19.8 Å². The fourth-order valence-electron chi connectivity index (χ4n) is 2.50. The SMILES string of the molecule is O[C@@H]1c2ccccc2CC[C@H]1[Se]c1ccccc1. The molecule has 2 heteroatoms. The first-order valence-electron chi connectivity index (χ1n) is 6.32. The van der Waals surface area contributed by atoms with Crippen molar-refractivity contribution >= 4 is 19.4 Å². The molecule has 92 valence electrons. The fraction of sp³-hybridized carbons (Fsp3) is 0.250. The van der Waals surface area contributed by atoms with Crippen LogP contribution >= 0.6 is 0 Å². The number of hydrogen-bond donors (Lipinski definition) is 1. The Morgan fingerprint density at radius 1 is 0.944 bits per heavy atom. The van der Waals surface area contributed by atoms with Crippen molar-refractivity contribution in [3.8, 4) is 0 Å². The van der Waals surface area contributed by atoms with Crippen LogP contribution in [0.4, 0.5) is 0 Å². The summed E-state index contributed by atoms with van der Waals surface area (Å²) >= 11 is 0.355. The Morgan fingerprint density at radius 2 is 1.67 bits per heavy atom. The second-order valence-electron chi connectivity index (χ2n) is 4.65. The molecule has 0 saturated heterocycles. The molecule has 2 aromatic rings. The van der Waals surface area contributed by atoms with Crippen LogP contribution in [0, 0.1) is 0 Å². The van der Waals surface area contributed by atoms with Gasteiger partial charge in [-0.3, -0.25) is 0 Å². The van der Waals surface area contributed by atoms with Gasteiger partial charge >= 0.3 is 114 Å². The summed E-state index contributed by atoms with van der Waals surface area (Å²) in [5.41, 5.74) is 2.47. The number of aliphatic hydroxyl groups excluding tert-OH is 1. The van der Waals surface area contributed by atoms with Crippen LogP contribution in [0.15, 0.2) is 54.6 Å². The molecule has 0 aliphatic heterocycles. The van der Waals surface area contributed by atoms with Gasteiger partial charge in [-0.25, -0.2) is 0 Å². The maximum atomic E-state index is 10.5. The third-order valence-electron chi connectivity index (χ3n) is 3.45. The van der Waals surface area contributed by atoms with Crippen LogP contribution < -0.4 is 4.46 Å². The molecule has 0 aromatic heterocycles. The number of fused-ring (bicyclic) bond motifs is 1. The van der Waals surface area contributed by atoms with Gasteiger partial charge in [0.15, 0.2) is 0 Å². The van der Waals surface area contributed by atoms with E-state index >= 15 is 0 Å². The monoisotopic (exact) mass is 304 g/mol. The van der Waals surface area contributed by atoms with Crippen molar-refractivity contribution in [2.24, 2.45) is 0 Å². The first-order valence-corrected chi connectivity index (χ1v) is 8.17. The second kappa shape index (κ2) is 5.27. The molecule has 0 radical (unpaired) electrons. The standard InChI is InChI=1S/C16H16OSe/c17-16-14-9-5-4-6-12(14)10-11-15(16)18-13-7-2-1-3-8-13/h1-9,15-17H,10-11H2/t15-,16-/m1/s1. The number of hydrogen-bond acceptors (Lipinski definition) is 1. The Balaban J connectivity index is 1.81. The van der Waals surface area contributed by atoms with Crippen LogP contribution in [0.2, 0.25) is 4.82 Å². The Hall–Kier alpha value is -1.08. The minimum atomic E-state index is -0.282. The number of aliphatic hydroxyl groups is 1. The van der Waals surface area contributed by atoms with Crippen molar-refractivity contribution < 1.29 is 5.11 Å². The molecule has 1 aliphatic rings. The molecule has 0 heterocycles. The average Bonchev–Trinajstić information content (AvgIpc) is 2.43. The number of benzene rings is 2. The van der Waals surface area contributed by atoms with Crippen LogP contribution in [0.25, 0.3) is 0 Å². The Kier molecular flexibility index (Phi) is 3.51. The summed E-state index contributed by atoms with van der Waals surface area (Å²) in [6.45, 7) is 0. The van der Waals surface area contributed by atoms with Crippen molar-refractivity contribution in [1.29, 1.82) is 0 Å². The number of rotatable bonds is 2. The molecule has 2 atom stereocenters. The zero-order valence-electron chi connectivity index (χ0n) is 10.1. The van der Waals surface area contributed by atoms with Gasteiger partial charge in [-0.15, -0.1) is 0 Å². The van der Waals surface area contributed by atoms with Gasteiger partial charge in [-0.05, 0) is 0 Å². The van der Waals surface area contributed by atoms with Gasteiger partial charge in [0.05, 0.1) is 0 Å². The normalized spacial score (nSPS) is 22.5. The van der Waals surface area contributed by atoms with E-state index < -0.39 is 0 Å². The van der Waals surface area contributed by atoms with E-state index in [1.807, 2.05) is 12.1 Å². The molecule has 0 saturated carbocycles. The van der Waals surface area contributed by atoms with Crippen LogP contribution in [0.3, 0.4) is 0 Å². The first kappa shape index (κ1) is 12.0. The van der Waals surface area contributed by atoms with Crippen molar-refractivity contribution in [3.63, 3.8) is 0 Å². The second-order valence-corrected chi connectivity index (χ2v) is 7.41. The molecule has 0 spiro atoms. The van der Waals surface area contributed by atoms with Crippen LogP contribution in [-0.4, -0.2) is 20.1 Å². The van der Waals surface area contributed by atoms with Crippen molar-refractivity contribution in [2.45, 2.75) is 23.8 Å². The molecule has 1 N–H and O–H groups in total. The van der Waals surface area contributed by atoms with E-state index in [2.05, 4.69) is 42.5 Å².